The summed E-state index contributed by atoms with van der Waals surface area (Å²) in [6, 6.07) is 13.3. The number of carbonyl (C=O) groups excluding carboxylic acids is 1. The molecule has 4 heteroatoms. The molecule has 0 bridgehead atoms. The van der Waals surface area contributed by atoms with Gasteiger partial charge in [0.05, 0.1) is 0 Å². The van der Waals surface area contributed by atoms with Crippen molar-refractivity contribution >= 4 is 5.91 Å². The SMILES string of the molecule is Cc1cccc(C(=O)NCc2cccc(CN)c2)n1. The minimum atomic E-state index is -0.165. The molecule has 0 radical (unpaired) electrons. The van der Waals surface area contributed by atoms with Gasteiger partial charge in [-0.15, -0.1) is 0 Å². The number of aryl methyl sites for hydroxylation is 1. The highest BCUT2D eigenvalue weighted by molar-refractivity contribution is 5.92. The Kier molecular flexibility index (Phi) is 4.26. The number of carbonyl (C=O) groups is 1. The van der Waals surface area contributed by atoms with Crippen LogP contribution in [0.2, 0.25) is 0 Å². The highest BCUT2D eigenvalue weighted by Crippen LogP contribution is 2.05. The van der Waals surface area contributed by atoms with Crippen LogP contribution in [-0.2, 0) is 13.1 Å². The first kappa shape index (κ1) is 13.2. The van der Waals surface area contributed by atoms with E-state index in [0.717, 1.165) is 16.8 Å². The summed E-state index contributed by atoms with van der Waals surface area (Å²) in [6.07, 6.45) is 0. The van der Waals surface area contributed by atoms with Crippen molar-refractivity contribution in [2.45, 2.75) is 20.0 Å². The second kappa shape index (κ2) is 6.11. The van der Waals surface area contributed by atoms with E-state index in [1.165, 1.54) is 0 Å². The van der Waals surface area contributed by atoms with Gasteiger partial charge in [0.15, 0.2) is 0 Å². The molecule has 0 fully saturated rings. The molecule has 2 rings (SSSR count). The predicted octanol–water partition coefficient (Wildman–Crippen LogP) is 1.78. The Balaban J connectivity index is 2.00. The molecular formula is C15H17N3O. The van der Waals surface area contributed by atoms with Crippen LogP contribution < -0.4 is 11.1 Å². The van der Waals surface area contributed by atoms with Crippen molar-refractivity contribution < 1.29 is 4.79 Å². The summed E-state index contributed by atoms with van der Waals surface area (Å²) in [5.41, 5.74) is 8.94. The zero-order valence-electron chi connectivity index (χ0n) is 10.9. The molecule has 2 aromatic rings. The van der Waals surface area contributed by atoms with Gasteiger partial charge in [0.2, 0.25) is 0 Å². The highest BCUT2D eigenvalue weighted by Gasteiger charge is 2.06. The summed E-state index contributed by atoms with van der Waals surface area (Å²) in [6.45, 7) is 2.84. The summed E-state index contributed by atoms with van der Waals surface area (Å²) >= 11 is 0. The lowest BCUT2D eigenvalue weighted by Crippen LogP contribution is -2.24. The molecule has 0 saturated heterocycles. The van der Waals surface area contributed by atoms with E-state index in [2.05, 4.69) is 10.3 Å². The van der Waals surface area contributed by atoms with Crippen LogP contribution >= 0.6 is 0 Å². The van der Waals surface area contributed by atoms with Gasteiger partial charge in [-0.2, -0.15) is 0 Å². The van der Waals surface area contributed by atoms with Crippen LogP contribution in [0.4, 0.5) is 0 Å². The monoisotopic (exact) mass is 255 g/mol. The highest BCUT2D eigenvalue weighted by atomic mass is 16.1. The maximum Gasteiger partial charge on any atom is 0.270 e. The van der Waals surface area contributed by atoms with Gasteiger partial charge >= 0.3 is 0 Å². The summed E-state index contributed by atoms with van der Waals surface area (Å²) in [5.74, 6) is -0.165. The van der Waals surface area contributed by atoms with Gasteiger partial charge in [-0.05, 0) is 30.2 Å². The molecule has 1 aromatic heterocycles. The van der Waals surface area contributed by atoms with Crippen LogP contribution in [0.25, 0.3) is 0 Å². The molecule has 0 aliphatic rings. The largest absolute Gasteiger partial charge is 0.347 e. The fourth-order valence-electron chi connectivity index (χ4n) is 1.81. The van der Waals surface area contributed by atoms with Gasteiger partial charge in [-0.1, -0.05) is 30.3 Å². The Morgan fingerprint density at radius 1 is 1.21 bits per heavy atom. The lowest BCUT2D eigenvalue weighted by Gasteiger charge is -2.06. The first-order valence-electron chi connectivity index (χ1n) is 6.19. The van der Waals surface area contributed by atoms with E-state index in [1.54, 1.807) is 6.07 Å². The van der Waals surface area contributed by atoms with Crippen LogP contribution in [0.1, 0.15) is 27.3 Å². The molecule has 0 saturated carbocycles. The van der Waals surface area contributed by atoms with Crippen molar-refractivity contribution in [2.75, 3.05) is 0 Å². The minimum Gasteiger partial charge on any atom is -0.347 e. The first-order valence-corrected chi connectivity index (χ1v) is 6.19. The van der Waals surface area contributed by atoms with Crippen molar-refractivity contribution in [3.05, 3.63) is 65.0 Å². The normalized spacial score (nSPS) is 10.2. The van der Waals surface area contributed by atoms with Gasteiger partial charge in [-0.25, -0.2) is 4.98 Å². The number of hydrogen-bond donors (Lipinski definition) is 2. The van der Waals surface area contributed by atoms with Crippen LogP contribution in [0.15, 0.2) is 42.5 Å². The zero-order chi connectivity index (χ0) is 13.7. The van der Waals surface area contributed by atoms with Gasteiger partial charge in [0, 0.05) is 18.8 Å². The number of pyridine rings is 1. The van der Waals surface area contributed by atoms with E-state index in [0.29, 0.717) is 18.8 Å². The number of benzene rings is 1. The maximum atomic E-state index is 11.9. The number of nitrogens with one attached hydrogen (secondary N) is 1. The van der Waals surface area contributed by atoms with E-state index < -0.39 is 0 Å². The van der Waals surface area contributed by atoms with Gasteiger partial charge in [0.1, 0.15) is 5.69 Å². The Hall–Kier alpha value is -2.20. The number of hydrogen-bond acceptors (Lipinski definition) is 3. The molecular weight excluding hydrogens is 238 g/mol. The van der Waals surface area contributed by atoms with E-state index in [9.17, 15) is 4.79 Å². The van der Waals surface area contributed by atoms with Crippen molar-refractivity contribution in [3.63, 3.8) is 0 Å². The average molecular weight is 255 g/mol. The number of amides is 1. The minimum absolute atomic E-state index is 0.165. The van der Waals surface area contributed by atoms with E-state index in [1.807, 2.05) is 43.3 Å². The second-order valence-corrected chi connectivity index (χ2v) is 4.37. The molecule has 98 valence electrons. The quantitative estimate of drug-likeness (QED) is 0.875. The Bertz CT molecular complexity index is 581. The summed E-state index contributed by atoms with van der Waals surface area (Å²) in [4.78, 5) is 16.1. The fourth-order valence-corrected chi connectivity index (χ4v) is 1.81. The average Bonchev–Trinajstić information content (AvgIpc) is 2.45. The maximum absolute atomic E-state index is 11.9. The molecule has 4 nitrogen and oxygen atoms in total. The molecule has 0 aliphatic heterocycles. The van der Waals surface area contributed by atoms with E-state index >= 15 is 0 Å². The van der Waals surface area contributed by atoms with Crippen LogP contribution in [0.3, 0.4) is 0 Å². The fraction of sp³-hybridized carbons (Fsp3) is 0.200. The Morgan fingerprint density at radius 2 is 1.95 bits per heavy atom. The number of rotatable bonds is 4. The lowest BCUT2D eigenvalue weighted by atomic mass is 10.1. The van der Waals surface area contributed by atoms with Crippen LogP contribution in [0.5, 0.6) is 0 Å². The van der Waals surface area contributed by atoms with Gasteiger partial charge in [0.25, 0.3) is 5.91 Å². The third-order valence-electron chi connectivity index (χ3n) is 2.80. The van der Waals surface area contributed by atoms with Gasteiger partial charge < -0.3 is 11.1 Å². The molecule has 0 unspecified atom stereocenters. The van der Waals surface area contributed by atoms with Crippen molar-refractivity contribution in [2.24, 2.45) is 5.73 Å². The topological polar surface area (TPSA) is 68.0 Å². The van der Waals surface area contributed by atoms with Crippen LogP contribution in [-0.4, -0.2) is 10.9 Å². The second-order valence-electron chi connectivity index (χ2n) is 4.37. The van der Waals surface area contributed by atoms with Crippen molar-refractivity contribution in [1.82, 2.24) is 10.3 Å². The van der Waals surface area contributed by atoms with Crippen LogP contribution in [0, 0.1) is 6.92 Å². The first-order chi connectivity index (χ1) is 9.19. The molecule has 3 N–H and O–H groups in total. The molecule has 19 heavy (non-hydrogen) atoms. The van der Waals surface area contributed by atoms with E-state index in [-0.39, 0.29) is 5.91 Å². The third kappa shape index (κ3) is 3.63. The molecule has 1 amide bonds. The zero-order valence-corrected chi connectivity index (χ0v) is 10.9. The van der Waals surface area contributed by atoms with Crippen molar-refractivity contribution in [1.29, 1.82) is 0 Å². The smallest absolute Gasteiger partial charge is 0.270 e. The standard InChI is InChI=1S/C15H17N3O/c1-11-4-2-7-14(18-11)15(19)17-10-13-6-3-5-12(8-13)9-16/h2-8H,9-10,16H2,1H3,(H,17,19). The number of nitrogens with zero attached hydrogens (tertiary/aromatic N) is 1. The molecule has 0 aliphatic carbocycles. The lowest BCUT2D eigenvalue weighted by molar-refractivity contribution is 0.0945. The number of aromatic nitrogens is 1. The summed E-state index contributed by atoms with van der Waals surface area (Å²) < 4.78 is 0. The van der Waals surface area contributed by atoms with Gasteiger partial charge in [-0.3, -0.25) is 4.79 Å². The molecule has 1 heterocycles. The predicted molar refractivity (Wildman–Crippen MR) is 74.5 cm³/mol. The number of nitrogens with two attached hydrogens (primary N) is 1. The summed E-state index contributed by atoms with van der Waals surface area (Å²) in [5, 5.41) is 2.85. The van der Waals surface area contributed by atoms with E-state index in [4.69, 9.17) is 5.73 Å². The summed E-state index contributed by atoms with van der Waals surface area (Å²) in [7, 11) is 0. The Labute approximate surface area is 112 Å². The molecule has 1 aromatic carbocycles. The van der Waals surface area contributed by atoms with Crippen molar-refractivity contribution in [3.8, 4) is 0 Å². The Morgan fingerprint density at radius 3 is 2.68 bits per heavy atom. The third-order valence-corrected chi connectivity index (χ3v) is 2.80. The molecule has 0 atom stereocenters. The molecule has 0 spiro atoms.